The van der Waals surface area contributed by atoms with Gasteiger partial charge in [0.15, 0.2) is 0 Å². The second-order valence-electron chi connectivity index (χ2n) is 8.32. The molecular formula is C24H26ClFN6O. The van der Waals surface area contributed by atoms with Crippen LogP contribution in [0.25, 0.3) is 11.3 Å². The van der Waals surface area contributed by atoms with Crippen LogP contribution in [-0.2, 0) is 4.74 Å². The highest BCUT2D eigenvalue weighted by Crippen LogP contribution is 2.30. The van der Waals surface area contributed by atoms with Gasteiger partial charge in [-0.3, -0.25) is 0 Å². The average Bonchev–Trinajstić information content (AvgIpc) is 2.84. The molecule has 0 spiro atoms. The van der Waals surface area contributed by atoms with Gasteiger partial charge in [-0.2, -0.15) is 4.98 Å². The Morgan fingerprint density at radius 1 is 1.00 bits per heavy atom. The highest BCUT2D eigenvalue weighted by atomic mass is 35.5. The van der Waals surface area contributed by atoms with Crippen molar-refractivity contribution in [1.82, 2.24) is 15.0 Å². The molecule has 2 aromatic heterocycles. The highest BCUT2D eigenvalue weighted by Gasteiger charge is 2.28. The zero-order valence-corrected chi connectivity index (χ0v) is 19.2. The largest absolute Gasteiger partial charge is 0.378 e. The minimum Gasteiger partial charge on any atom is -0.378 e. The van der Waals surface area contributed by atoms with E-state index < -0.39 is 0 Å². The molecule has 1 atom stereocenters. The van der Waals surface area contributed by atoms with Gasteiger partial charge >= 0.3 is 0 Å². The van der Waals surface area contributed by atoms with E-state index in [2.05, 4.69) is 26.6 Å². The van der Waals surface area contributed by atoms with Crippen molar-refractivity contribution in [3.63, 3.8) is 0 Å². The third-order valence-electron chi connectivity index (χ3n) is 6.08. The minimum absolute atomic E-state index is 0.171. The molecule has 0 amide bonds. The van der Waals surface area contributed by atoms with Crippen LogP contribution in [0, 0.1) is 5.82 Å². The van der Waals surface area contributed by atoms with Gasteiger partial charge in [-0.15, -0.1) is 0 Å². The second-order valence-corrected chi connectivity index (χ2v) is 8.73. The Balaban J connectivity index is 1.46. The third-order valence-corrected chi connectivity index (χ3v) is 6.37. The first kappa shape index (κ1) is 21.9. The van der Waals surface area contributed by atoms with Gasteiger partial charge in [0.25, 0.3) is 0 Å². The number of halogens is 2. The predicted octanol–water partition coefficient (Wildman–Crippen LogP) is 3.88. The molecule has 0 saturated carbocycles. The topological polar surface area (TPSA) is 57.6 Å². The SMILES string of the molecule is CC1CN(c2ncccc2Cl)CCN1c1cc(-c2cccc(F)c2)nc(N2CCOCC2)n1. The fourth-order valence-corrected chi connectivity index (χ4v) is 4.61. The molecule has 1 unspecified atom stereocenters. The van der Waals surface area contributed by atoms with Crippen LogP contribution < -0.4 is 14.7 Å². The van der Waals surface area contributed by atoms with Crippen LogP contribution in [0.4, 0.5) is 22.0 Å². The maximum atomic E-state index is 14.0. The van der Waals surface area contributed by atoms with E-state index in [1.54, 1.807) is 12.3 Å². The summed E-state index contributed by atoms with van der Waals surface area (Å²) in [6, 6.07) is 12.4. The number of pyridine rings is 1. The number of aromatic nitrogens is 3. The molecule has 0 radical (unpaired) electrons. The van der Waals surface area contributed by atoms with Gasteiger partial charge in [-0.05, 0) is 31.2 Å². The lowest BCUT2D eigenvalue weighted by Crippen LogP contribution is -2.53. The Kier molecular flexibility index (Phi) is 6.28. The molecule has 2 saturated heterocycles. The summed E-state index contributed by atoms with van der Waals surface area (Å²) in [5, 5.41) is 0.656. The molecule has 2 aliphatic rings. The quantitative estimate of drug-likeness (QED) is 0.575. The summed E-state index contributed by atoms with van der Waals surface area (Å²) in [6.45, 7) is 7.21. The van der Waals surface area contributed by atoms with Crippen molar-refractivity contribution in [3.8, 4) is 11.3 Å². The van der Waals surface area contributed by atoms with Crippen molar-refractivity contribution in [2.45, 2.75) is 13.0 Å². The van der Waals surface area contributed by atoms with Gasteiger partial charge in [0.1, 0.15) is 17.5 Å². The van der Waals surface area contributed by atoms with Crippen LogP contribution in [0.2, 0.25) is 5.02 Å². The highest BCUT2D eigenvalue weighted by molar-refractivity contribution is 6.32. The number of nitrogens with zero attached hydrogens (tertiary/aromatic N) is 6. The van der Waals surface area contributed by atoms with E-state index in [0.29, 0.717) is 29.9 Å². The number of ether oxygens (including phenoxy) is 1. The predicted molar refractivity (Wildman–Crippen MR) is 129 cm³/mol. The van der Waals surface area contributed by atoms with E-state index in [1.807, 2.05) is 24.3 Å². The lowest BCUT2D eigenvalue weighted by molar-refractivity contribution is 0.122. The summed E-state index contributed by atoms with van der Waals surface area (Å²) < 4.78 is 19.5. The summed E-state index contributed by atoms with van der Waals surface area (Å²) in [5.74, 6) is 2.01. The lowest BCUT2D eigenvalue weighted by Gasteiger charge is -2.41. The van der Waals surface area contributed by atoms with Gasteiger partial charge in [-0.25, -0.2) is 14.4 Å². The Morgan fingerprint density at radius 2 is 1.85 bits per heavy atom. The molecule has 2 fully saturated rings. The van der Waals surface area contributed by atoms with Crippen molar-refractivity contribution < 1.29 is 9.13 Å². The fraction of sp³-hybridized carbons (Fsp3) is 0.375. The molecule has 7 nitrogen and oxygen atoms in total. The first-order valence-electron chi connectivity index (χ1n) is 11.2. The molecule has 172 valence electrons. The maximum Gasteiger partial charge on any atom is 0.228 e. The van der Waals surface area contributed by atoms with E-state index in [9.17, 15) is 4.39 Å². The van der Waals surface area contributed by atoms with Gasteiger partial charge in [0.2, 0.25) is 5.95 Å². The molecule has 9 heteroatoms. The fourth-order valence-electron chi connectivity index (χ4n) is 4.37. The second kappa shape index (κ2) is 9.49. The summed E-state index contributed by atoms with van der Waals surface area (Å²) in [4.78, 5) is 20.8. The summed E-state index contributed by atoms with van der Waals surface area (Å²) in [5.41, 5.74) is 1.45. The first-order chi connectivity index (χ1) is 16.1. The van der Waals surface area contributed by atoms with Crippen LogP contribution in [0.5, 0.6) is 0 Å². The van der Waals surface area contributed by atoms with Gasteiger partial charge < -0.3 is 19.4 Å². The van der Waals surface area contributed by atoms with Crippen molar-refractivity contribution in [2.75, 3.05) is 60.6 Å². The number of benzene rings is 1. The number of anilines is 3. The summed E-state index contributed by atoms with van der Waals surface area (Å²) in [6.07, 6.45) is 1.77. The van der Waals surface area contributed by atoms with Gasteiger partial charge in [-0.1, -0.05) is 23.7 Å². The Labute approximate surface area is 197 Å². The van der Waals surface area contributed by atoms with Crippen LogP contribution in [-0.4, -0.2) is 66.9 Å². The lowest BCUT2D eigenvalue weighted by atomic mass is 10.1. The molecule has 3 aromatic rings. The van der Waals surface area contributed by atoms with Crippen molar-refractivity contribution >= 4 is 29.2 Å². The van der Waals surface area contributed by atoms with E-state index in [1.165, 1.54) is 12.1 Å². The third kappa shape index (κ3) is 4.72. The average molecular weight is 469 g/mol. The van der Waals surface area contributed by atoms with E-state index in [-0.39, 0.29) is 11.9 Å². The zero-order valence-electron chi connectivity index (χ0n) is 18.5. The molecule has 0 N–H and O–H groups in total. The first-order valence-corrected chi connectivity index (χ1v) is 11.6. The zero-order chi connectivity index (χ0) is 22.8. The standard InChI is InChI=1S/C24H26ClFN6O/c1-17-16-31(23-20(25)6-3-7-27-23)8-9-32(17)22-15-21(18-4-2-5-19(26)14-18)28-24(29-22)30-10-12-33-13-11-30/h2-7,14-15,17H,8-13,16H2,1H3. The van der Waals surface area contributed by atoms with Crippen LogP contribution in [0.1, 0.15) is 6.92 Å². The van der Waals surface area contributed by atoms with Crippen molar-refractivity contribution in [2.24, 2.45) is 0 Å². The molecule has 2 aliphatic heterocycles. The molecule has 33 heavy (non-hydrogen) atoms. The van der Waals surface area contributed by atoms with E-state index >= 15 is 0 Å². The maximum absolute atomic E-state index is 14.0. The monoisotopic (exact) mass is 468 g/mol. The van der Waals surface area contributed by atoms with Crippen molar-refractivity contribution in [1.29, 1.82) is 0 Å². The molecule has 0 bridgehead atoms. The molecule has 4 heterocycles. The van der Waals surface area contributed by atoms with Gasteiger partial charge in [0.05, 0.1) is 23.9 Å². The minimum atomic E-state index is -0.283. The van der Waals surface area contributed by atoms with E-state index in [0.717, 1.165) is 49.9 Å². The summed E-state index contributed by atoms with van der Waals surface area (Å²) in [7, 11) is 0. The number of hydrogen-bond donors (Lipinski definition) is 0. The number of morpholine rings is 1. The molecular weight excluding hydrogens is 443 g/mol. The molecule has 5 rings (SSSR count). The van der Waals surface area contributed by atoms with Gasteiger partial charge in [0, 0.05) is 56.6 Å². The summed E-state index contributed by atoms with van der Waals surface area (Å²) >= 11 is 6.38. The number of piperazine rings is 1. The smallest absolute Gasteiger partial charge is 0.228 e. The van der Waals surface area contributed by atoms with Crippen LogP contribution in [0.15, 0.2) is 48.7 Å². The number of rotatable bonds is 4. The van der Waals surface area contributed by atoms with Crippen LogP contribution >= 0.6 is 11.6 Å². The van der Waals surface area contributed by atoms with Crippen LogP contribution in [0.3, 0.4) is 0 Å². The molecule has 1 aromatic carbocycles. The Morgan fingerprint density at radius 3 is 2.61 bits per heavy atom. The molecule has 0 aliphatic carbocycles. The Hall–Kier alpha value is -2.97. The number of hydrogen-bond acceptors (Lipinski definition) is 7. The Bertz CT molecular complexity index is 1130. The normalized spacial score (nSPS) is 19.1. The van der Waals surface area contributed by atoms with Crippen molar-refractivity contribution in [3.05, 3.63) is 59.5 Å². The van der Waals surface area contributed by atoms with E-state index in [4.69, 9.17) is 26.3 Å².